The van der Waals surface area contributed by atoms with Gasteiger partial charge in [0.05, 0.1) is 6.04 Å². The Bertz CT molecular complexity index is 762. The molecule has 120 valence electrons. The number of carbonyl (C=O) groups excluding carboxylic acids is 1. The summed E-state index contributed by atoms with van der Waals surface area (Å²) in [5.41, 5.74) is 5.28. The smallest absolute Gasteiger partial charge is 0.272 e. The van der Waals surface area contributed by atoms with Gasteiger partial charge in [-0.15, -0.1) is 0 Å². The van der Waals surface area contributed by atoms with Gasteiger partial charge in [0.1, 0.15) is 0 Å². The van der Waals surface area contributed by atoms with Crippen molar-refractivity contribution in [1.82, 2.24) is 20.8 Å². The van der Waals surface area contributed by atoms with Crippen molar-refractivity contribution in [2.75, 3.05) is 6.54 Å². The van der Waals surface area contributed by atoms with Gasteiger partial charge in [-0.2, -0.15) is 5.10 Å². The van der Waals surface area contributed by atoms with E-state index in [1.165, 1.54) is 11.1 Å². The molecule has 1 atom stereocenters. The first-order valence-electron chi connectivity index (χ1n) is 8.23. The Morgan fingerprint density at radius 3 is 3.04 bits per heavy atom. The number of benzene rings is 1. The van der Waals surface area contributed by atoms with Crippen LogP contribution in [0.1, 0.15) is 59.2 Å². The van der Waals surface area contributed by atoms with Crippen LogP contribution in [-0.4, -0.2) is 22.6 Å². The number of carbonyl (C=O) groups is 1. The normalized spacial score (nSPS) is 21.6. The van der Waals surface area contributed by atoms with Crippen LogP contribution in [0.2, 0.25) is 0 Å². The summed E-state index contributed by atoms with van der Waals surface area (Å²) in [6.07, 6.45) is 1.82. The number of aromatic nitrogens is 2. The molecule has 1 unspecified atom stereocenters. The fraction of sp³-hybridized carbons (Fsp3) is 0.444. The number of fused-ring (bicyclic) bond motifs is 2. The average molecular weight is 310 g/mol. The fourth-order valence-corrected chi connectivity index (χ4v) is 3.92. The molecule has 0 spiro atoms. The molecule has 2 heterocycles. The largest absolute Gasteiger partial charge is 0.344 e. The number of rotatable bonds is 2. The maximum Gasteiger partial charge on any atom is 0.272 e. The van der Waals surface area contributed by atoms with E-state index in [1.807, 2.05) is 6.07 Å². The minimum Gasteiger partial charge on any atom is -0.344 e. The van der Waals surface area contributed by atoms with Crippen LogP contribution in [0, 0.1) is 0 Å². The Balaban J connectivity index is 1.60. The summed E-state index contributed by atoms with van der Waals surface area (Å²) in [5.74, 6) is -0.0799. The van der Waals surface area contributed by atoms with Crippen LogP contribution < -0.4 is 10.6 Å². The van der Waals surface area contributed by atoms with E-state index in [-0.39, 0.29) is 17.4 Å². The van der Waals surface area contributed by atoms with Gasteiger partial charge in [0, 0.05) is 30.8 Å². The number of hydrogen-bond acceptors (Lipinski definition) is 3. The third-order valence-corrected chi connectivity index (χ3v) is 5.11. The summed E-state index contributed by atoms with van der Waals surface area (Å²) in [4.78, 5) is 12.7. The van der Waals surface area contributed by atoms with Crippen molar-refractivity contribution in [2.45, 2.75) is 44.7 Å². The predicted octanol–water partition coefficient (Wildman–Crippen LogP) is 2.21. The zero-order valence-corrected chi connectivity index (χ0v) is 13.6. The van der Waals surface area contributed by atoms with Gasteiger partial charge in [0.15, 0.2) is 5.69 Å². The number of H-pyrrole nitrogens is 1. The molecule has 5 heteroatoms. The molecule has 0 saturated carbocycles. The summed E-state index contributed by atoms with van der Waals surface area (Å²) in [7, 11) is 0. The summed E-state index contributed by atoms with van der Waals surface area (Å²) in [6.45, 7) is 6.11. The minimum atomic E-state index is -0.0799. The second-order valence-corrected chi connectivity index (χ2v) is 7.16. The Kier molecular flexibility index (Phi) is 3.27. The average Bonchev–Trinajstić information content (AvgIpc) is 3.08. The van der Waals surface area contributed by atoms with Crippen LogP contribution in [0.4, 0.5) is 0 Å². The maximum atomic E-state index is 12.7. The van der Waals surface area contributed by atoms with Crippen molar-refractivity contribution < 1.29 is 4.79 Å². The van der Waals surface area contributed by atoms with E-state index in [9.17, 15) is 4.79 Å². The standard InChI is InChI=1S/C18H22N4O/c1-18(2)9-15(11-5-3-4-6-13(11)18)20-17(23)16-12-10-19-8-7-14(12)21-22-16/h3-6,15,19H,7-10H2,1-2H3,(H,20,23)(H,21,22). The lowest BCUT2D eigenvalue weighted by Gasteiger charge is -2.19. The summed E-state index contributed by atoms with van der Waals surface area (Å²) in [6, 6.07) is 8.45. The molecule has 1 aliphatic heterocycles. The van der Waals surface area contributed by atoms with Crippen LogP contribution in [0.5, 0.6) is 0 Å². The van der Waals surface area contributed by atoms with Gasteiger partial charge in [-0.1, -0.05) is 38.1 Å². The third-order valence-electron chi connectivity index (χ3n) is 5.11. The van der Waals surface area contributed by atoms with Crippen molar-refractivity contribution in [3.8, 4) is 0 Å². The van der Waals surface area contributed by atoms with E-state index in [0.717, 1.165) is 30.6 Å². The van der Waals surface area contributed by atoms with Gasteiger partial charge in [-0.05, 0) is 23.0 Å². The SMILES string of the molecule is CC1(C)CC(NC(=O)c2n[nH]c3c2CNCC3)c2ccccc21. The number of aromatic amines is 1. The predicted molar refractivity (Wildman–Crippen MR) is 88.3 cm³/mol. The molecule has 1 aromatic heterocycles. The molecular formula is C18H22N4O. The fourth-order valence-electron chi connectivity index (χ4n) is 3.92. The highest BCUT2D eigenvalue weighted by atomic mass is 16.2. The maximum absolute atomic E-state index is 12.7. The van der Waals surface area contributed by atoms with E-state index >= 15 is 0 Å². The Hall–Kier alpha value is -2.14. The van der Waals surface area contributed by atoms with Crippen LogP contribution in [0.15, 0.2) is 24.3 Å². The van der Waals surface area contributed by atoms with Crippen LogP contribution in [0.3, 0.4) is 0 Å². The van der Waals surface area contributed by atoms with Gasteiger partial charge >= 0.3 is 0 Å². The second kappa shape index (κ2) is 5.20. The van der Waals surface area contributed by atoms with Crippen molar-refractivity contribution in [1.29, 1.82) is 0 Å². The monoisotopic (exact) mass is 310 g/mol. The van der Waals surface area contributed by atoms with Gasteiger partial charge in [-0.3, -0.25) is 9.89 Å². The van der Waals surface area contributed by atoms with Gasteiger partial charge in [-0.25, -0.2) is 0 Å². The van der Waals surface area contributed by atoms with E-state index in [1.54, 1.807) is 0 Å². The summed E-state index contributed by atoms with van der Waals surface area (Å²) in [5, 5.41) is 13.8. The van der Waals surface area contributed by atoms with E-state index in [4.69, 9.17) is 0 Å². The molecule has 1 amide bonds. The molecule has 0 radical (unpaired) electrons. The molecule has 2 aliphatic rings. The molecule has 1 aromatic carbocycles. The zero-order chi connectivity index (χ0) is 16.0. The quantitative estimate of drug-likeness (QED) is 0.796. The van der Waals surface area contributed by atoms with Gasteiger partial charge < -0.3 is 10.6 Å². The first-order chi connectivity index (χ1) is 11.1. The van der Waals surface area contributed by atoms with Gasteiger partial charge in [0.2, 0.25) is 0 Å². The lowest BCUT2D eigenvalue weighted by atomic mass is 9.86. The molecule has 3 N–H and O–H groups in total. The highest BCUT2D eigenvalue weighted by molar-refractivity contribution is 5.94. The first-order valence-corrected chi connectivity index (χ1v) is 8.23. The van der Waals surface area contributed by atoms with Gasteiger partial charge in [0.25, 0.3) is 5.91 Å². The second-order valence-electron chi connectivity index (χ2n) is 7.16. The minimum absolute atomic E-state index is 0.0533. The molecule has 2 aromatic rings. The number of nitrogens with one attached hydrogen (secondary N) is 3. The lowest BCUT2D eigenvalue weighted by molar-refractivity contribution is 0.0928. The van der Waals surface area contributed by atoms with Crippen molar-refractivity contribution >= 4 is 5.91 Å². The van der Waals surface area contributed by atoms with E-state index in [2.05, 4.69) is 52.9 Å². The van der Waals surface area contributed by atoms with Crippen molar-refractivity contribution in [3.63, 3.8) is 0 Å². The van der Waals surface area contributed by atoms with Crippen molar-refractivity contribution in [2.24, 2.45) is 0 Å². The molecular weight excluding hydrogens is 288 g/mol. The first kappa shape index (κ1) is 14.5. The topological polar surface area (TPSA) is 69.8 Å². The molecule has 0 fully saturated rings. The Morgan fingerprint density at radius 1 is 1.35 bits per heavy atom. The van der Waals surface area contributed by atoms with Crippen LogP contribution in [-0.2, 0) is 18.4 Å². The molecule has 0 saturated heterocycles. The number of nitrogens with zero attached hydrogens (tertiary/aromatic N) is 1. The number of amides is 1. The zero-order valence-electron chi connectivity index (χ0n) is 13.6. The summed E-state index contributed by atoms with van der Waals surface area (Å²) >= 11 is 0. The van der Waals surface area contributed by atoms with Crippen molar-refractivity contribution in [3.05, 3.63) is 52.3 Å². The summed E-state index contributed by atoms with van der Waals surface area (Å²) < 4.78 is 0. The Morgan fingerprint density at radius 2 is 2.17 bits per heavy atom. The van der Waals surface area contributed by atoms with E-state index in [0.29, 0.717) is 12.2 Å². The number of hydrogen-bond donors (Lipinski definition) is 3. The molecule has 1 aliphatic carbocycles. The highest BCUT2D eigenvalue weighted by Gasteiger charge is 2.37. The molecule has 5 nitrogen and oxygen atoms in total. The molecule has 23 heavy (non-hydrogen) atoms. The van der Waals surface area contributed by atoms with E-state index < -0.39 is 0 Å². The third kappa shape index (κ3) is 2.36. The molecule has 4 rings (SSSR count). The van der Waals surface area contributed by atoms with Crippen LogP contribution in [0.25, 0.3) is 0 Å². The molecule has 0 bridgehead atoms. The van der Waals surface area contributed by atoms with Crippen LogP contribution >= 0.6 is 0 Å². The Labute approximate surface area is 135 Å². The highest BCUT2D eigenvalue weighted by Crippen LogP contribution is 2.44. The lowest BCUT2D eigenvalue weighted by Crippen LogP contribution is -2.31.